The molecule has 2 N–H and O–H groups in total. The number of carbonyl (C=O) groups excluding carboxylic acids is 1. The molecule has 0 unspecified atom stereocenters. The highest BCUT2D eigenvalue weighted by Crippen LogP contribution is 2.28. The number of piperidine rings is 1. The lowest BCUT2D eigenvalue weighted by Gasteiger charge is -2.41. The number of carbonyl (C=O) groups is 1. The van der Waals surface area contributed by atoms with Gasteiger partial charge in [0.15, 0.2) is 0 Å². The Bertz CT molecular complexity index is 340. The molecule has 5 heteroatoms. The van der Waals surface area contributed by atoms with E-state index in [-0.39, 0.29) is 17.5 Å². The maximum atomic E-state index is 12.3. The second kappa shape index (κ2) is 6.24. The zero-order valence-electron chi connectivity index (χ0n) is 12.9. The summed E-state index contributed by atoms with van der Waals surface area (Å²) in [7, 11) is 0. The van der Waals surface area contributed by atoms with Crippen molar-refractivity contribution in [2.24, 2.45) is 0 Å². The van der Waals surface area contributed by atoms with E-state index in [0.29, 0.717) is 12.8 Å². The number of aliphatic hydroxyl groups is 1. The van der Waals surface area contributed by atoms with Crippen LogP contribution in [0.3, 0.4) is 0 Å². The smallest absolute Gasteiger partial charge is 0.252 e. The Morgan fingerprint density at radius 2 is 1.80 bits per heavy atom. The first kappa shape index (κ1) is 16.1. The van der Waals surface area contributed by atoms with Crippen LogP contribution in [0.4, 0.5) is 0 Å². The first-order valence-corrected chi connectivity index (χ1v) is 8.83. The lowest BCUT2D eigenvalue weighted by atomic mass is 9.93. The molecule has 2 rings (SSSR count). The molecule has 0 aromatic rings. The van der Waals surface area contributed by atoms with Gasteiger partial charge in [-0.15, -0.1) is 0 Å². The van der Waals surface area contributed by atoms with E-state index in [9.17, 15) is 9.90 Å². The molecule has 2 saturated heterocycles. The van der Waals surface area contributed by atoms with Crippen molar-refractivity contribution in [3.63, 3.8) is 0 Å². The molecule has 4 nitrogen and oxygen atoms in total. The average Bonchev–Trinajstić information content (AvgIpc) is 2.39. The highest BCUT2D eigenvalue weighted by atomic mass is 32.2. The number of nitrogens with zero attached hydrogens (tertiary/aromatic N) is 1. The molecule has 0 aromatic carbocycles. The van der Waals surface area contributed by atoms with Crippen LogP contribution < -0.4 is 5.32 Å². The number of likely N-dealkylation sites (tertiary alicyclic amines) is 1. The summed E-state index contributed by atoms with van der Waals surface area (Å²) >= 11 is 1.82. The van der Waals surface area contributed by atoms with Crippen LogP contribution in [0.5, 0.6) is 0 Å². The maximum Gasteiger partial charge on any atom is 0.252 e. The highest BCUT2D eigenvalue weighted by Gasteiger charge is 2.38. The first-order valence-electron chi connectivity index (χ1n) is 7.67. The van der Waals surface area contributed by atoms with Crippen LogP contribution >= 0.6 is 11.8 Å². The average molecular weight is 300 g/mol. The standard InChI is InChI=1S/C15H28N2O2S/c1-14(2,3)17-8-4-12(5-9-17)16-13(18)15(19)6-10-20-11-7-15/h12,19H,4-11H2,1-3H3,(H,16,18). The molecule has 0 radical (unpaired) electrons. The molecule has 2 aliphatic rings. The zero-order valence-corrected chi connectivity index (χ0v) is 13.8. The van der Waals surface area contributed by atoms with Crippen LogP contribution in [-0.2, 0) is 4.79 Å². The normalized spacial score (nSPS) is 25.4. The Kier molecular flexibility index (Phi) is 5.03. The quantitative estimate of drug-likeness (QED) is 0.814. The van der Waals surface area contributed by atoms with Gasteiger partial charge in [0.05, 0.1) is 0 Å². The van der Waals surface area contributed by atoms with Crippen LogP contribution in [0.1, 0.15) is 46.5 Å². The van der Waals surface area contributed by atoms with Crippen LogP contribution in [0.2, 0.25) is 0 Å². The molecule has 2 fully saturated rings. The maximum absolute atomic E-state index is 12.3. The second-order valence-electron chi connectivity index (χ2n) is 7.05. The zero-order chi connectivity index (χ0) is 14.8. The number of hydrogen-bond donors (Lipinski definition) is 2. The molecule has 0 atom stereocenters. The molecule has 0 saturated carbocycles. The predicted octanol–water partition coefficient (Wildman–Crippen LogP) is 1.62. The Balaban J connectivity index is 1.82. The molecular weight excluding hydrogens is 272 g/mol. The summed E-state index contributed by atoms with van der Waals surface area (Å²) in [6.07, 6.45) is 3.14. The van der Waals surface area contributed by atoms with Crippen molar-refractivity contribution in [2.45, 2.75) is 63.6 Å². The van der Waals surface area contributed by atoms with Gasteiger partial charge >= 0.3 is 0 Å². The number of thioether (sulfide) groups is 1. The summed E-state index contributed by atoms with van der Waals surface area (Å²) in [5.74, 6) is 1.62. The van der Waals surface area contributed by atoms with Gasteiger partial charge in [-0.1, -0.05) is 0 Å². The molecule has 0 bridgehead atoms. The molecular formula is C15H28N2O2S. The minimum atomic E-state index is -1.12. The van der Waals surface area contributed by atoms with Crippen molar-refractivity contribution >= 4 is 17.7 Å². The van der Waals surface area contributed by atoms with E-state index in [1.807, 2.05) is 11.8 Å². The molecule has 116 valence electrons. The number of amides is 1. The van der Waals surface area contributed by atoms with E-state index in [2.05, 4.69) is 31.0 Å². The van der Waals surface area contributed by atoms with Crippen molar-refractivity contribution in [1.29, 1.82) is 0 Å². The van der Waals surface area contributed by atoms with Gasteiger partial charge in [0, 0.05) is 24.7 Å². The molecule has 2 aliphatic heterocycles. The highest BCUT2D eigenvalue weighted by molar-refractivity contribution is 7.99. The summed E-state index contributed by atoms with van der Waals surface area (Å²) < 4.78 is 0. The summed E-state index contributed by atoms with van der Waals surface area (Å²) in [5.41, 5.74) is -0.916. The van der Waals surface area contributed by atoms with Crippen LogP contribution in [0.25, 0.3) is 0 Å². The van der Waals surface area contributed by atoms with E-state index in [1.54, 1.807) is 0 Å². The Hall–Kier alpha value is -0.260. The van der Waals surface area contributed by atoms with E-state index < -0.39 is 5.60 Å². The summed E-state index contributed by atoms with van der Waals surface area (Å²) in [4.78, 5) is 14.7. The molecule has 2 heterocycles. The van der Waals surface area contributed by atoms with Gasteiger partial charge in [-0.25, -0.2) is 0 Å². The minimum Gasteiger partial charge on any atom is -0.380 e. The van der Waals surface area contributed by atoms with Gasteiger partial charge in [0.25, 0.3) is 5.91 Å². The van der Waals surface area contributed by atoms with Gasteiger partial charge < -0.3 is 10.4 Å². The molecule has 0 spiro atoms. The number of hydrogen-bond acceptors (Lipinski definition) is 4. The van der Waals surface area contributed by atoms with Gasteiger partial charge in [-0.05, 0) is 58.0 Å². The van der Waals surface area contributed by atoms with E-state index in [1.165, 1.54) is 0 Å². The van der Waals surface area contributed by atoms with E-state index >= 15 is 0 Å². The van der Waals surface area contributed by atoms with Crippen LogP contribution in [0, 0.1) is 0 Å². The van der Waals surface area contributed by atoms with Crippen molar-refractivity contribution in [3.05, 3.63) is 0 Å². The van der Waals surface area contributed by atoms with E-state index in [4.69, 9.17) is 0 Å². The third-order valence-corrected chi connectivity index (χ3v) is 5.51. The molecule has 0 aliphatic carbocycles. The van der Waals surface area contributed by atoms with Gasteiger partial charge in [-0.2, -0.15) is 11.8 Å². The minimum absolute atomic E-state index is 0.146. The second-order valence-corrected chi connectivity index (χ2v) is 8.27. The van der Waals surface area contributed by atoms with Crippen molar-refractivity contribution < 1.29 is 9.90 Å². The third kappa shape index (κ3) is 3.89. The first-order chi connectivity index (χ1) is 9.31. The lowest BCUT2D eigenvalue weighted by molar-refractivity contribution is -0.141. The van der Waals surface area contributed by atoms with Crippen LogP contribution in [-0.4, -0.2) is 57.7 Å². The fourth-order valence-electron chi connectivity index (χ4n) is 2.95. The largest absolute Gasteiger partial charge is 0.380 e. The summed E-state index contributed by atoms with van der Waals surface area (Å²) in [5, 5.41) is 13.5. The summed E-state index contributed by atoms with van der Waals surface area (Å²) in [6.45, 7) is 8.72. The number of rotatable bonds is 2. The van der Waals surface area contributed by atoms with Gasteiger partial charge in [0.1, 0.15) is 5.60 Å². The topological polar surface area (TPSA) is 52.6 Å². The van der Waals surface area contributed by atoms with Crippen LogP contribution in [0.15, 0.2) is 0 Å². The Morgan fingerprint density at radius 3 is 2.30 bits per heavy atom. The molecule has 0 aromatic heterocycles. The monoisotopic (exact) mass is 300 g/mol. The molecule has 1 amide bonds. The third-order valence-electron chi connectivity index (χ3n) is 4.52. The van der Waals surface area contributed by atoms with Gasteiger partial charge in [0.2, 0.25) is 0 Å². The fraction of sp³-hybridized carbons (Fsp3) is 0.933. The SMILES string of the molecule is CC(C)(C)N1CCC(NC(=O)C2(O)CCSCC2)CC1. The van der Waals surface area contributed by atoms with E-state index in [0.717, 1.165) is 37.4 Å². The fourth-order valence-corrected chi connectivity index (χ4v) is 4.12. The molecule has 20 heavy (non-hydrogen) atoms. The number of nitrogens with one attached hydrogen (secondary N) is 1. The Labute approximate surface area is 126 Å². The summed E-state index contributed by atoms with van der Waals surface area (Å²) in [6, 6.07) is 0.222. The Morgan fingerprint density at radius 1 is 1.25 bits per heavy atom. The van der Waals surface area contributed by atoms with Gasteiger partial charge in [-0.3, -0.25) is 9.69 Å². The van der Waals surface area contributed by atoms with Crippen molar-refractivity contribution in [3.8, 4) is 0 Å². The predicted molar refractivity (Wildman–Crippen MR) is 84.0 cm³/mol. The lowest BCUT2D eigenvalue weighted by Crippen LogP contribution is -2.55. The van der Waals surface area contributed by atoms with Crippen molar-refractivity contribution in [2.75, 3.05) is 24.6 Å². The van der Waals surface area contributed by atoms with Crippen molar-refractivity contribution in [1.82, 2.24) is 10.2 Å².